The Morgan fingerprint density at radius 2 is 1.43 bits per heavy atom. The maximum atomic E-state index is 12.6. The maximum absolute atomic E-state index is 12.6. The normalized spacial score (nSPS) is 38.3. The van der Waals surface area contributed by atoms with Gasteiger partial charge < -0.3 is 0 Å². The molecular formula is C28H44N8O4S2. The van der Waals surface area contributed by atoms with Crippen LogP contribution in [0.4, 0.5) is 0 Å². The third kappa shape index (κ3) is 5.03. The van der Waals surface area contributed by atoms with Crippen LogP contribution >= 0.6 is 0 Å². The van der Waals surface area contributed by atoms with Crippen molar-refractivity contribution in [3.05, 3.63) is 12.2 Å². The van der Waals surface area contributed by atoms with Crippen LogP contribution in [-0.4, -0.2) is 105 Å². The highest BCUT2D eigenvalue weighted by Gasteiger charge is 2.66. The van der Waals surface area contributed by atoms with E-state index in [0.717, 1.165) is 64.6 Å². The van der Waals surface area contributed by atoms with E-state index in [0.29, 0.717) is 30.0 Å². The van der Waals surface area contributed by atoms with Crippen LogP contribution in [0.3, 0.4) is 0 Å². The van der Waals surface area contributed by atoms with Crippen molar-refractivity contribution in [2.75, 3.05) is 24.6 Å². The maximum Gasteiger partial charge on any atom is 0.266 e. The fourth-order valence-corrected chi connectivity index (χ4v) is 12.4. The quantitative estimate of drug-likeness (QED) is 0.530. The summed E-state index contributed by atoms with van der Waals surface area (Å²) < 4.78 is 52.1. The Morgan fingerprint density at radius 1 is 0.833 bits per heavy atom. The molecule has 0 radical (unpaired) electrons. The summed E-state index contributed by atoms with van der Waals surface area (Å²) in [4.78, 5) is 13.3. The molecule has 232 valence electrons. The molecule has 0 unspecified atom stereocenters. The molecule has 2 saturated heterocycles. The number of aryl methyl sites for hydroxylation is 2. The van der Waals surface area contributed by atoms with Crippen LogP contribution in [0.2, 0.25) is 0 Å². The number of sulfone groups is 2. The zero-order valence-electron chi connectivity index (χ0n) is 24.8. The van der Waals surface area contributed by atoms with Gasteiger partial charge in [-0.1, -0.05) is 26.7 Å². The van der Waals surface area contributed by atoms with E-state index in [4.69, 9.17) is 0 Å². The highest BCUT2D eigenvalue weighted by molar-refractivity contribution is 7.91. The first kappa shape index (κ1) is 28.8. The molecule has 4 fully saturated rings. The number of nitrogens with one attached hydrogen (secondary N) is 1. The lowest BCUT2D eigenvalue weighted by molar-refractivity contribution is 0.214. The van der Waals surface area contributed by atoms with E-state index in [2.05, 4.69) is 48.9 Å². The average molecular weight is 621 g/mol. The van der Waals surface area contributed by atoms with E-state index >= 15 is 0 Å². The molecule has 14 heteroatoms. The minimum absolute atomic E-state index is 0.00426. The molecule has 2 saturated carbocycles. The molecular weight excluding hydrogens is 576 g/mol. The van der Waals surface area contributed by atoms with E-state index in [1.807, 2.05) is 0 Å². The lowest BCUT2D eigenvalue weighted by Crippen LogP contribution is -2.32. The third-order valence-corrected chi connectivity index (χ3v) is 14.4. The minimum Gasteiger partial charge on any atom is -0.297 e. The Hall–Kier alpha value is -1.90. The van der Waals surface area contributed by atoms with Crippen molar-refractivity contribution in [3.63, 3.8) is 0 Å². The topological polar surface area (TPSA) is 147 Å². The number of hydrogen-bond acceptors (Lipinski definition) is 10. The van der Waals surface area contributed by atoms with Gasteiger partial charge in [-0.25, -0.2) is 26.8 Å². The number of aromatic nitrogens is 6. The Kier molecular flexibility index (Phi) is 7.10. The molecule has 6 heterocycles. The van der Waals surface area contributed by atoms with Crippen molar-refractivity contribution in [3.8, 4) is 0 Å². The zero-order chi connectivity index (χ0) is 29.3. The second-order valence-corrected chi connectivity index (χ2v) is 17.4. The van der Waals surface area contributed by atoms with Crippen LogP contribution in [0.15, 0.2) is 16.6 Å². The molecule has 8 bridgehead atoms. The fourth-order valence-electron chi connectivity index (χ4n) is 8.90. The highest BCUT2D eigenvalue weighted by atomic mass is 32.2. The van der Waals surface area contributed by atoms with Crippen molar-refractivity contribution in [1.82, 2.24) is 39.7 Å². The minimum atomic E-state index is -3.37. The third-order valence-electron chi connectivity index (χ3n) is 11.0. The van der Waals surface area contributed by atoms with E-state index in [1.165, 1.54) is 25.7 Å². The summed E-state index contributed by atoms with van der Waals surface area (Å²) in [6.07, 6.45) is 13.2. The van der Waals surface area contributed by atoms with Gasteiger partial charge in [0.15, 0.2) is 0 Å². The molecule has 0 amide bonds. The molecule has 4 aliphatic heterocycles. The highest BCUT2D eigenvalue weighted by Crippen LogP contribution is 2.62. The summed E-state index contributed by atoms with van der Waals surface area (Å²) >= 11 is 0. The van der Waals surface area contributed by atoms with Crippen LogP contribution in [0.5, 0.6) is 0 Å². The summed E-state index contributed by atoms with van der Waals surface area (Å²) in [5, 5.41) is 10.9. The van der Waals surface area contributed by atoms with Crippen molar-refractivity contribution < 1.29 is 16.8 Å². The van der Waals surface area contributed by atoms with Gasteiger partial charge in [0.25, 0.3) is 10.3 Å². The van der Waals surface area contributed by atoms with Crippen molar-refractivity contribution in [1.29, 1.82) is 0 Å². The van der Waals surface area contributed by atoms with Gasteiger partial charge in [0, 0.05) is 48.0 Å². The Bertz CT molecular complexity index is 1430. The van der Waals surface area contributed by atoms with Gasteiger partial charge in [-0.05, 0) is 64.5 Å². The first-order chi connectivity index (χ1) is 20.1. The number of fused-ring (bicyclic) bond motifs is 6. The molecule has 6 atom stereocenters. The van der Waals surface area contributed by atoms with Crippen LogP contribution in [0, 0.1) is 10.8 Å². The molecule has 2 aromatic heterocycles. The number of piperidine rings is 2. The average Bonchev–Trinajstić information content (AvgIpc) is 3.45. The summed E-state index contributed by atoms with van der Waals surface area (Å²) in [7, 11) is -6.73. The SMILES string of the molecule is CCN1[C@@H]2CCCCc3nc(n[nH]3)S(=O)(=O)C[C@]3(C2)C[C@@H]13.CCN1[C@@H]2CCCCn3cnc(n3)S(=O)(=O)C[C@]3(C2)C[C@@H]13. The lowest BCUT2D eigenvalue weighted by Gasteiger charge is -2.26. The number of likely N-dealkylation sites (tertiary alicyclic amines) is 2. The predicted molar refractivity (Wildman–Crippen MR) is 155 cm³/mol. The van der Waals surface area contributed by atoms with E-state index in [-0.39, 0.29) is 32.6 Å². The molecule has 0 aromatic carbocycles. The van der Waals surface area contributed by atoms with Gasteiger partial charge in [0.2, 0.25) is 19.7 Å². The van der Waals surface area contributed by atoms with E-state index in [1.54, 1.807) is 11.0 Å². The van der Waals surface area contributed by atoms with Crippen molar-refractivity contribution in [2.45, 2.75) is 126 Å². The van der Waals surface area contributed by atoms with Gasteiger partial charge in [-0.2, -0.15) is 0 Å². The second kappa shape index (κ2) is 10.3. The van der Waals surface area contributed by atoms with E-state index < -0.39 is 19.7 Å². The van der Waals surface area contributed by atoms with Crippen molar-refractivity contribution >= 4 is 19.7 Å². The molecule has 8 rings (SSSR count). The van der Waals surface area contributed by atoms with E-state index in [9.17, 15) is 16.8 Å². The molecule has 12 nitrogen and oxygen atoms in total. The number of hydrogen-bond donors (Lipinski definition) is 1. The number of nitrogens with zero attached hydrogens (tertiary/aromatic N) is 7. The van der Waals surface area contributed by atoms with Crippen LogP contribution in [0.1, 0.15) is 83.9 Å². The first-order valence-electron chi connectivity index (χ1n) is 15.9. The Morgan fingerprint density at radius 3 is 2.05 bits per heavy atom. The summed E-state index contributed by atoms with van der Waals surface area (Å²) in [5.41, 5.74) is -0.0519. The van der Waals surface area contributed by atoms with Crippen molar-refractivity contribution in [2.24, 2.45) is 10.8 Å². The number of aromatic amines is 1. The fraction of sp³-hybridized carbons (Fsp3) is 0.857. The Balaban J connectivity index is 0.000000137. The van der Waals surface area contributed by atoms with Crippen LogP contribution in [0.25, 0.3) is 0 Å². The number of H-pyrrole nitrogens is 1. The first-order valence-corrected chi connectivity index (χ1v) is 19.2. The smallest absolute Gasteiger partial charge is 0.266 e. The summed E-state index contributed by atoms with van der Waals surface area (Å²) in [6, 6.07) is 2.06. The van der Waals surface area contributed by atoms with Gasteiger partial charge in [-0.3, -0.25) is 19.6 Å². The monoisotopic (exact) mass is 620 g/mol. The van der Waals surface area contributed by atoms with Crippen LogP contribution in [-0.2, 0) is 32.6 Å². The largest absolute Gasteiger partial charge is 0.297 e. The van der Waals surface area contributed by atoms with Gasteiger partial charge in [0.1, 0.15) is 12.2 Å². The number of rotatable bonds is 2. The van der Waals surface area contributed by atoms with Gasteiger partial charge in [0.05, 0.1) is 11.5 Å². The molecule has 2 spiro atoms. The molecule has 2 aliphatic carbocycles. The predicted octanol–water partition coefficient (Wildman–Crippen LogP) is 2.25. The molecule has 6 aliphatic rings. The zero-order valence-corrected chi connectivity index (χ0v) is 26.4. The molecule has 1 N–H and O–H groups in total. The van der Waals surface area contributed by atoms with Crippen LogP contribution < -0.4 is 0 Å². The molecule has 42 heavy (non-hydrogen) atoms. The summed E-state index contributed by atoms with van der Waals surface area (Å²) in [6.45, 7) is 7.20. The molecule has 2 aromatic rings. The Labute approximate surface area is 248 Å². The standard InChI is InChI=1S/2C14H22N4O2S/c1-2-18-11-5-3-4-6-17-10-15-13(16-17)21(19,20)9-14(7-11)8-12(14)18;1-2-18-10-5-3-4-6-12-15-13(17-16-12)21(19,20)9-14(7-10)8-11(14)18/h10-12H,2-9H2,1H3;10-11H,2-9H2,1H3,(H,15,16,17)/t11-,12-,14+;10-,11-,14+/m11/s1. The summed E-state index contributed by atoms with van der Waals surface area (Å²) in [5.74, 6) is 1.15. The van der Waals surface area contributed by atoms with Gasteiger partial charge in [-0.15, -0.1) is 10.2 Å². The second-order valence-electron chi connectivity index (χ2n) is 13.7. The van der Waals surface area contributed by atoms with Gasteiger partial charge >= 0.3 is 0 Å². The lowest BCUT2D eigenvalue weighted by atomic mass is 9.97.